The maximum atomic E-state index is 12.5. The molecule has 0 saturated heterocycles. The predicted molar refractivity (Wildman–Crippen MR) is 116 cm³/mol. The van der Waals surface area contributed by atoms with Crippen molar-refractivity contribution >= 4 is 23.5 Å². The molecule has 0 radical (unpaired) electrons. The molecule has 2 N–H and O–H groups in total. The van der Waals surface area contributed by atoms with Gasteiger partial charge in [-0.1, -0.05) is 54.1 Å². The average Bonchev–Trinajstić information content (AvgIpc) is 2.70. The third kappa shape index (κ3) is 6.94. The van der Waals surface area contributed by atoms with Crippen molar-refractivity contribution in [2.75, 3.05) is 0 Å². The summed E-state index contributed by atoms with van der Waals surface area (Å²) in [5.41, 5.74) is 1.68. The van der Waals surface area contributed by atoms with Crippen LogP contribution in [0.15, 0.2) is 78.9 Å². The van der Waals surface area contributed by atoms with Crippen LogP contribution in [0.3, 0.4) is 0 Å². The summed E-state index contributed by atoms with van der Waals surface area (Å²) in [5.74, 6) is 0.209. The number of hydrogen-bond donors (Lipinski definition) is 2. The molecule has 154 valence electrons. The number of halogens is 1. The number of carboxylic acids is 1. The second-order valence-corrected chi connectivity index (χ2v) is 7.37. The molecule has 0 fully saturated rings. The Morgan fingerprint density at radius 2 is 1.60 bits per heavy atom. The fourth-order valence-electron chi connectivity index (χ4n) is 3.10. The quantitative estimate of drug-likeness (QED) is 0.514. The molecule has 1 atom stereocenters. The fraction of sp³-hybridized carbons (Fsp3) is 0.167. The third-order valence-corrected chi connectivity index (χ3v) is 4.66. The third-order valence-electron chi connectivity index (χ3n) is 4.42. The first kappa shape index (κ1) is 21.4. The van der Waals surface area contributed by atoms with Crippen molar-refractivity contribution in [3.05, 3.63) is 95.0 Å². The largest absolute Gasteiger partial charge is 0.481 e. The van der Waals surface area contributed by atoms with Crippen molar-refractivity contribution in [2.24, 2.45) is 0 Å². The summed E-state index contributed by atoms with van der Waals surface area (Å²) in [6.45, 7) is 0. The van der Waals surface area contributed by atoms with Crippen molar-refractivity contribution in [3.63, 3.8) is 0 Å². The van der Waals surface area contributed by atoms with Crippen LogP contribution in [0.25, 0.3) is 0 Å². The number of carbonyl (C=O) groups excluding carboxylic acids is 1. The van der Waals surface area contributed by atoms with E-state index in [2.05, 4.69) is 5.32 Å². The van der Waals surface area contributed by atoms with Gasteiger partial charge in [-0.2, -0.15) is 0 Å². The van der Waals surface area contributed by atoms with E-state index in [9.17, 15) is 14.7 Å². The Morgan fingerprint density at radius 3 is 2.27 bits per heavy atom. The lowest BCUT2D eigenvalue weighted by Gasteiger charge is -2.17. The Kier molecular flexibility index (Phi) is 7.46. The van der Waals surface area contributed by atoms with Crippen LogP contribution in [0.1, 0.15) is 17.5 Å². The molecule has 0 aliphatic rings. The Hall–Kier alpha value is -3.31. The lowest BCUT2D eigenvalue weighted by molar-refractivity contribution is -0.137. The summed E-state index contributed by atoms with van der Waals surface area (Å²) in [6, 6.07) is 23.3. The number of rotatable bonds is 9. The van der Waals surface area contributed by atoms with Gasteiger partial charge in [-0.25, -0.2) is 0 Å². The number of nitrogens with one attached hydrogen (secondary N) is 1. The van der Waals surface area contributed by atoms with Crippen LogP contribution >= 0.6 is 11.6 Å². The molecule has 0 bridgehead atoms. The SMILES string of the molecule is O=C(O)CC(Cc1cccc(Cl)c1)NC(=O)Cc1ccc(Oc2ccccc2)cc1. The summed E-state index contributed by atoms with van der Waals surface area (Å²) in [6.07, 6.45) is 0.377. The highest BCUT2D eigenvalue weighted by atomic mass is 35.5. The lowest BCUT2D eigenvalue weighted by Crippen LogP contribution is -2.38. The first-order chi connectivity index (χ1) is 14.5. The zero-order chi connectivity index (χ0) is 21.3. The van der Waals surface area contributed by atoms with E-state index >= 15 is 0 Å². The van der Waals surface area contributed by atoms with Crippen molar-refractivity contribution in [3.8, 4) is 11.5 Å². The van der Waals surface area contributed by atoms with Gasteiger partial charge in [0.25, 0.3) is 0 Å². The summed E-state index contributed by atoms with van der Waals surface area (Å²) in [7, 11) is 0. The highest BCUT2D eigenvalue weighted by molar-refractivity contribution is 6.30. The van der Waals surface area contributed by atoms with Gasteiger partial charge in [-0.05, 0) is 53.9 Å². The molecule has 0 heterocycles. The van der Waals surface area contributed by atoms with E-state index in [1.807, 2.05) is 48.5 Å². The Labute approximate surface area is 180 Å². The van der Waals surface area contributed by atoms with Crippen LogP contribution in [-0.2, 0) is 22.4 Å². The van der Waals surface area contributed by atoms with Crippen LogP contribution in [0.4, 0.5) is 0 Å². The average molecular weight is 424 g/mol. The van der Waals surface area contributed by atoms with Gasteiger partial charge in [-0.3, -0.25) is 9.59 Å². The number of hydrogen-bond acceptors (Lipinski definition) is 3. The maximum absolute atomic E-state index is 12.5. The molecule has 1 amide bonds. The Balaban J connectivity index is 1.58. The fourth-order valence-corrected chi connectivity index (χ4v) is 3.31. The highest BCUT2D eigenvalue weighted by Crippen LogP contribution is 2.21. The molecular formula is C24H22ClNO4. The standard InChI is InChI=1S/C24H22ClNO4/c25-19-6-4-5-18(13-19)14-20(16-24(28)29)26-23(27)15-17-9-11-22(12-10-17)30-21-7-2-1-3-8-21/h1-13,20H,14-16H2,(H,26,27)(H,28,29). The van der Waals surface area contributed by atoms with Crippen LogP contribution in [0.2, 0.25) is 5.02 Å². The van der Waals surface area contributed by atoms with Gasteiger partial charge >= 0.3 is 5.97 Å². The van der Waals surface area contributed by atoms with Crippen LogP contribution in [0, 0.1) is 0 Å². The van der Waals surface area contributed by atoms with Crippen molar-refractivity contribution in [1.29, 1.82) is 0 Å². The first-order valence-electron chi connectivity index (χ1n) is 9.55. The predicted octanol–water partition coefficient (Wildman–Crippen LogP) is 4.88. The monoisotopic (exact) mass is 423 g/mol. The normalized spacial score (nSPS) is 11.5. The van der Waals surface area contributed by atoms with Crippen molar-refractivity contribution < 1.29 is 19.4 Å². The number of benzene rings is 3. The number of ether oxygens (including phenoxy) is 1. The summed E-state index contributed by atoms with van der Waals surface area (Å²) < 4.78 is 5.75. The summed E-state index contributed by atoms with van der Waals surface area (Å²) >= 11 is 6.00. The minimum Gasteiger partial charge on any atom is -0.481 e. The molecule has 30 heavy (non-hydrogen) atoms. The van der Waals surface area contributed by atoms with Crippen molar-refractivity contribution in [1.82, 2.24) is 5.32 Å². The van der Waals surface area contributed by atoms with E-state index in [4.69, 9.17) is 16.3 Å². The van der Waals surface area contributed by atoms with Gasteiger partial charge in [0.05, 0.1) is 12.8 Å². The zero-order valence-corrected chi connectivity index (χ0v) is 17.0. The molecule has 3 aromatic carbocycles. The Bertz CT molecular complexity index is 990. The van der Waals surface area contributed by atoms with E-state index in [1.165, 1.54) is 0 Å². The second kappa shape index (κ2) is 10.5. The topological polar surface area (TPSA) is 75.6 Å². The number of carbonyl (C=O) groups is 2. The number of para-hydroxylation sites is 1. The molecule has 0 aliphatic carbocycles. The molecule has 1 unspecified atom stereocenters. The van der Waals surface area contributed by atoms with E-state index < -0.39 is 12.0 Å². The van der Waals surface area contributed by atoms with Gasteiger partial charge in [0.15, 0.2) is 0 Å². The molecule has 3 aromatic rings. The van der Waals surface area contributed by atoms with Crippen LogP contribution in [-0.4, -0.2) is 23.0 Å². The highest BCUT2D eigenvalue weighted by Gasteiger charge is 2.17. The lowest BCUT2D eigenvalue weighted by atomic mass is 10.0. The van der Waals surface area contributed by atoms with E-state index in [1.54, 1.807) is 30.3 Å². The van der Waals surface area contributed by atoms with Gasteiger partial charge in [0.2, 0.25) is 5.91 Å². The molecule has 5 nitrogen and oxygen atoms in total. The molecule has 6 heteroatoms. The first-order valence-corrected chi connectivity index (χ1v) is 9.93. The molecule has 0 aliphatic heterocycles. The van der Waals surface area contributed by atoms with Crippen molar-refractivity contribution in [2.45, 2.75) is 25.3 Å². The van der Waals surface area contributed by atoms with Gasteiger partial charge in [0.1, 0.15) is 11.5 Å². The number of aliphatic carboxylic acids is 1. The summed E-state index contributed by atoms with van der Waals surface area (Å²) in [4.78, 5) is 23.7. The van der Waals surface area contributed by atoms with Gasteiger partial charge in [0, 0.05) is 11.1 Å². The molecule has 0 spiro atoms. The van der Waals surface area contributed by atoms with Gasteiger partial charge < -0.3 is 15.2 Å². The van der Waals surface area contributed by atoms with Crippen LogP contribution in [0.5, 0.6) is 11.5 Å². The maximum Gasteiger partial charge on any atom is 0.305 e. The minimum atomic E-state index is -0.968. The van der Waals surface area contributed by atoms with E-state index in [0.717, 1.165) is 16.9 Å². The molecular weight excluding hydrogens is 402 g/mol. The van der Waals surface area contributed by atoms with E-state index in [0.29, 0.717) is 17.2 Å². The minimum absolute atomic E-state index is 0.150. The van der Waals surface area contributed by atoms with Crippen LogP contribution < -0.4 is 10.1 Å². The summed E-state index contributed by atoms with van der Waals surface area (Å²) in [5, 5.41) is 12.6. The Morgan fingerprint density at radius 1 is 0.900 bits per heavy atom. The smallest absolute Gasteiger partial charge is 0.305 e. The number of amides is 1. The second-order valence-electron chi connectivity index (χ2n) is 6.93. The zero-order valence-electron chi connectivity index (χ0n) is 16.3. The molecule has 0 aromatic heterocycles. The number of carboxylic acid groups (broad SMARTS) is 1. The molecule has 3 rings (SSSR count). The molecule has 0 saturated carbocycles. The van der Waals surface area contributed by atoms with Gasteiger partial charge in [-0.15, -0.1) is 0 Å². The van der Waals surface area contributed by atoms with E-state index in [-0.39, 0.29) is 18.7 Å².